The summed E-state index contributed by atoms with van der Waals surface area (Å²) in [5, 5.41) is 7.17. The Morgan fingerprint density at radius 1 is 1.29 bits per heavy atom. The average molecular weight is 252 g/mol. The molecular formula is C12H16N2O2S. The maximum absolute atomic E-state index is 5.64. The second-order valence-electron chi connectivity index (χ2n) is 3.83. The molecule has 0 amide bonds. The molecule has 92 valence electrons. The lowest BCUT2D eigenvalue weighted by Crippen LogP contribution is -2.12. The lowest BCUT2D eigenvalue weighted by Gasteiger charge is -1.98. The summed E-state index contributed by atoms with van der Waals surface area (Å²) in [6.45, 7) is 3.29. The van der Waals surface area contributed by atoms with E-state index in [4.69, 9.17) is 8.94 Å². The first-order valence-corrected chi connectivity index (χ1v) is 6.87. The molecule has 1 N–H and O–H groups in total. The van der Waals surface area contributed by atoms with Crippen molar-refractivity contribution in [3.8, 4) is 0 Å². The Labute approximate surface area is 105 Å². The van der Waals surface area contributed by atoms with Gasteiger partial charge in [-0.1, -0.05) is 5.16 Å². The van der Waals surface area contributed by atoms with Gasteiger partial charge in [-0.2, -0.15) is 11.8 Å². The van der Waals surface area contributed by atoms with Gasteiger partial charge in [-0.3, -0.25) is 0 Å². The minimum absolute atomic E-state index is 0.690. The monoisotopic (exact) mass is 252 g/mol. The molecule has 0 aromatic carbocycles. The highest BCUT2D eigenvalue weighted by Crippen LogP contribution is 2.13. The van der Waals surface area contributed by atoms with Crippen molar-refractivity contribution in [1.82, 2.24) is 10.5 Å². The van der Waals surface area contributed by atoms with Crippen LogP contribution in [0.25, 0.3) is 0 Å². The van der Waals surface area contributed by atoms with Gasteiger partial charge in [0, 0.05) is 12.6 Å². The third-order valence-corrected chi connectivity index (χ3v) is 2.86. The van der Waals surface area contributed by atoms with Crippen LogP contribution in [-0.2, 0) is 18.8 Å². The minimum atomic E-state index is 0.690. The Kier molecular flexibility index (Phi) is 4.28. The van der Waals surface area contributed by atoms with E-state index < -0.39 is 0 Å². The number of thioether (sulfide) groups is 1. The molecule has 0 unspecified atom stereocenters. The topological polar surface area (TPSA) is 51.2 Å². The first-order chi connectivity index (χ1) is 8.28. The van der Waals surface area contributed by atoms with E-state index in [1.165, 1.54) is 0 Å². The first kappa shape index (κ1) is 12.3. The van der Waals surface area contributed by atoms with Gasteiger partial charge in [0.15, 0.2) is 0 Å². The summed E-state index contributed by atoms with van der Waals surface area (Å²) in [5.74, 6) is 3.73. The molecule has 0 saturated heterocycles. The summed E-state index contributed by atoms with van der Waals surface area (Å²) in [7, 11) is 0. The molecule has 5 heteroatoms. The van der Waals surface area contributed by atoms with Gasteiger partial charge >= 0.3 is 0 Å². The number of hydrogen-bond acceptors (Lipinski definition) is 5. The average Bonchev–Trinajstić information content (AvgIpc) is 2.89. The molecule has 4 nitrogen and oxygen atoms in total. The van der Waals surface area contributed by atoms with Crippen LogP contribution in [-0.4, -0.2) is 11.4 Å². The van der Waals surface area contributed by atoms with Crippen molar-refractivity contribution >= 4 is 11.8 Å². The van der Waals surface area contributed by atoms with Gasteiger partial charge in [-0.25, -0.2) is 0 Å². The zero-order chi connectivity index (χ0) is 12.1. The van der Waals surface area contributed by atoms with Crippen molar-refractivity contribution in [2.75, 3.05) is 6.26 Å². The SMILES string of the molecule is CSCc1ccc(CNCc2cc(C)on2)o1. The molecule has 0 aliphatic heterocycles. The summed E-state index contributed by atoms with van der Waals surface area (Å²) in [6.07, 6.45) is 2.06. The molecule has 0 fully saturated rings. The molecule has 2 aromatic heterocycles. The summed E-state index contributed by atoms with van der Waals surface area (Å²) >= 11 is 1.75. The minimum Gasteiger partial charge on any atom is -0.464 e. The Balaban J connectivity index is 1.77. The summed E-state index contributed by atoms with van der Waals surface area (Å²) < 4.78 is 10.6. The largest absolute Gasteiger partial charge is 0.464 e. The van der Waals surface area contributed by atoms with E-state index in [-0.39, 0.29) is 0 Å². The summed E-state index contributed by atoms with van der Waals surface area (Å²) in [5.41, 5.74) is 0.915. The van der Waals surface area contributed by atoms with Gasteiger partial charge in [0.2, 0.25) is 0 Å². The molecule has 0 bridgehead atoms. The Morgan fingerprint density at radius 2 is 2.12 bits per heavy atom. The van der Waals surface area contributed by atoms with Crippen LogP contribution in [0.1, 0.15) is 23.0 Å². The smallest absolute Gasteiger partial charge is 0.133 e. The van der Waals surface area contributed by atoms with Gasteiger partial charge < -0.3 is 14.3 Å². The lowest BCUT2D eigenvalue weighted by atomic mass is 10.3. The summed E-state index contributed by atoms with van der Waals surface area (Å²) in [4.78, 5) is 0. The number of rotatable bonds is 6. The predicted molar refractivity (Wildman–Crippen MR) is 67.7 cm³/mol. The number of nitrogens with zero attached hydrogens (tertiary/aromatic N) is 1. The molecule has 0 radical (unpaired) electrons. The van der Waals surface area contributed by atoms with Crippen molar-refractivity contribution in [3.63, 3.8) is 0 Å². The normalized spacial score (nSPS) is 10.9. The highest BCUT2D eigenvalue weighted by atomic mass is 32.2. The van der Waals surface area contributed by atoms with Crippen LogP contribution in [0.3, 0.4) is 0 Å². The van der Waals surface area contributed by atoms with Crippen LogP contribution in [0.5, 0.6) is 0 Å². The van der Waals surface area contributed by atoms with Crippen molar-refractivity contribution in [2.24, 2.45) is 0 Å². The number of hydrogen-bond donors (Lipinski definition) is 1. The fourth-order valence-corrected chi connectivity index (χ4v) is 1.99. The molecule has 2 aromatic rings. The summed E-state index contributed by atoms with van der Waals surface area (Å²) in [6, 6.07) is 5.95. The van der Waals surface area contributed by atoms with E-state index in [0.717, 1.165) is 28.7 Å². The quantitative estimate of drug-likeness (QED) is 0.856. The van der Waals surface area contributed by atoms with Crippen LogP contribution in [0, 0.1) is 6.92 Å². The maximum Gasteiger partial charge on any atom is 0.133 e. The van der Waals surface area contributed by atoms with E-state index in [1.54, 1.807) is 11.8 Å². The molecule has 17 heavy (non-hydrogen) atoms. The third kappa shape index (κ3) is 3.64. The number of aromatic nitrogens is 1. The van der Waals surface area contributed by atoms with Gasteiger partial charge in [0.1, 0.15) is 17.3 Å². The van der Waals surface area contributed by atoms with E-state index in [2.05, 4.69) is 16.7 Å². The van der Waals surface area contributed by atoms with Gasteiger partial charge in [0.05, 0.1) is 18.0 Å². The van der Waals surface area contributed by atoms with Crippen molar-refractivity contribution in [3.05, 3.63) is 41.2 Å². The third-order valence-electron chi connectivity index (χ3n) is 2.29. The Hall–Kier alpha value is -1.20. The van der Waals surface area contributed by atoms with Crippen LogP contribution in [0.15, 0.2) is 27.1 Å². The standard InChI is InChI=1S/C12H16N2O2S/c1-9-5-10(14-16-9)6-13-7-11-3-4-12(15-11)8-17-2/h3-5,13H,6-8H2,1-2H3. The molecular weight excluding hydrogens is 236 g/mol. The van der Waals surface area contributed by atoms with E-state index in [0.29, 0.717) is 13.1 Å². The van der Waals surface area contributed by atoms with Gasteiger partial charge in [-0.15, -0.1) is 0 Å². The molecule has 2 rings (SSSR count). The zero-order valence-corrected chi connectivity index (χ0v) is 10.8. The van der Waals surface area contributed by atoms with Crippen LogP contribution >= 0.6 is 11.8 Å². The fourth-order valence-electron chi connectivity index (χ4n) is 1.55. The molecule has 0 atom stereocenters. The second-order valence-corrected chi connectivity index (χ2v) is 4.70. The first-order valence-electron chi connectivity index (χ1n) is 5.47. The fraction of sp³-hybridized carbons (Fsp3) is 0.417. The number of aryl methyl sites for hydroxylation is 1. The highest BCUT2D eigenvalue weighted by molar-refractivity contribution is 7.97. The van der Waals surface area contributed by atoms with E-state index >= 15 is 0 Å². The number of nitrogens with one attached hydrogen (secondary N) is 1. The van der Waals surface area contributed by atoms with Crippen LogP contribution in [0.2, 0.25) is 0 Å². The molecule has 0 aliphatic rings. The van der Waals surface area contributed by atoms with Crippen LogP contribution < -0.4 is 5.32 Å². The molecule has 2 heterocycles. The highest BCUT2D eigenvalue weighted by Gasteiger charge is 2.03. The maximum atomic E-state index is 5.64. The Morgan fingerprint density at radius 3 is 2.82 bits per heavy atom. The lowest BCUT2D eigenvalue weighted by molar-refractivity contribution is 0.386. The van der Waals surface area contributed by atoms with Gasteiger partial charge in [-0.05, 0) is 25.3 Å². The van der Waals surface area contributed by atoms with E-state index in [9.17, 15) is 0 Å². The zero-order valence-electron chi connectivity index (χ0n) is 10.0. The predicted octanol–water partition coefficient (Wildman–Crippen LogP) is 2.73. The van der Waals surface area contributed by atoms with E-state index in [1.807, 2.05) is 25.1 Å². The molecule has 0 spiro atoms. The second kappa shape index (κ2) is 5.93. The Bertz CT molecular complexity index is 465. The van der Waals surface area contributed by atoms with Crippen LogP contribution in [0.4, 0.5) is 0 Å². The van der Waals surface area contributed by atoms with Crippen molar-refractivity contribution < 1.29 is 8.94 Å². The van der Waals surface area contributed by atoms with Crippen molar-refractivity contribution in [1.29, 1.82) is 0 Å². The molecule has 0 aliphatic carbocycles. The molecule has 0 saturated carbocycles. The van der Waals surface area contributed by atoms with Gasteiger partial charge in [0.25, 0.3) is 0 Å². The number of furan rings is 1. The van der Waals surface area contributed by atoms with Crippen molar-refractivity contribution in [2.45, 2.75) is 25.8 Å².